The molecule has 7 aromatic rings. The second-order valence-corrected chi connectivity index (χ2v) is 12.5. The molecule has 0 unspecified atom stereocenters. The van der Waals surface area contributed by atoms with E-state index in [1.165, 1.54) is 77.5 Å². The lowest BCUT2D eigenvalue weighted by Gasteiger charge is -2.26. The summed E-state index contributed by atoms with van der Waals surface area (Å²) in [6.07, 6.45) is 0. The fourth-order valence-electron chi connectivity index (χ4n) is 6.64. The number of hydrogen-bond acceptors (Lipinski definition) is 0. The monoisotopic (exact) mass is 662 g/mol. The molecule has 1 aliphatic carbocycles. The molecule has 7 aromatic carbocycles. The summed E-state index contributed by atoms with van der Waals surface area (Å²) in [5.41, 5.74) is 15.1. The van der Waals surface area contributed by atoms with Crippen LogP contribution in [0.5, 0.6) is 0 Å². The Labute approximate surface area is 262 Å². The number of fused-ring (bicyclic) bond motifs is 3. The molecule has 0 atom stereocenters. The van der Waals surface area contributed by atoms with Gasteiger partial charge in [-0.05, 0) is 102 Å². The first-order chi connectivity index (χ1) is 20.7. The Morgan fingerprint density at radius 3 is 1.05 bits per heavy atom. The summed E-state index contributed by atoms with van der Waals surface area (Å²) in [7, 11) is 0. The van der Waals surface area contributed by atoms with Crippen molar-refractivity contribution >= 4 is 42.6 Å². The molecule has 0 nitrogen and oxygen atoms in total. The first-order valence-corrected chi connectivity index (χ1v) is 15.7. The Morgan fingerprint density at radius 2 is 0.643 bits per heavy atom. The van der Waals surface area contributed by atoms with Crippen LogP contribution in [-0.4, -0.2) is 0 Å². The molecule has 0 saturated heterocycles. The van der Waals surface area contributed by atoms with E-state index in [1.54, 1.807) is 0 Å². The van der Waals surface area contributed by atoms with E-state index < -0.39 is 0 Å². The summed E-state index contributed by atoms with van der Waals surface area (Å²) >= 11 is 7.37. The van der Waals surface area contributed by atoms with Crippen molar-refractivity contribution in [2.24, 2.45) is 0 Å². The van der Waals surface area contributed by atoms with Gasteiger partial charge in [-0.1, -0.05) is 153 Å². The molecule has 0 saturated carbocycles. The highest BCUT2D eigenvalue weighted by atomic mass is 79.9. The molecule has 42 heavy (non-hydrogen) atoms. The maximum atomic E-state index is 3.69. The van der Waals surface area contributed by atoms with E-state index in [4.69, 9.17) is 0 Å². The molecule has 0 N–H and O–H groups in total. The Hall–Kier alpha value is -4.24. The van der Waals surface area contributed by atoms with E-state index in [0.29, 0.717) is 0 Å². The quantitative estimate of drug-likeness (QED) is 0.176. The lowest BCUT2D eigenvalue weighted by atomic mass is 9.76. The smallest absolute Gasteiger partial charge is 0.0175 e. The van der Waals surface area contributed by atoms with Crippen molar-refractivity contribution in [3.8, 4) is 66.8 Å². The summed E-state index contributed by atoms with van der Waals surface area (Å²) in [4.78, 5) is 0. The van der Waals surface area contributed by atoms with Gasteiger partial charge in [-0.15, -0.1) is 0 Å². The zero-order chi connectivity index (χ0) is 28.2. The van der Waals surface area contributed by atoms with Crippen LogP contribution < -0.4 is 0 Å². The highest BCUT2D eigenvalue weighted by Gasteiger charge is 2.33. The average Bonchev–Trinajstić information content (AvgIpc) is 3.37. The fraction of sp³-hybridized carbons (Fsp3) is 0. The van der Waals surface area contributed by atoms with Gasteiger partial charge in [-0.3, -0.25) is 0 Å². The number of rotatable bonds is 4. The zero-order valence-corrected chi connectivity index (χ0v) is 25.8. The van der Waals surface area contributed by atoms with Gasteiger partial charge in [0.05, 0.1) is 0 Å². The van der Waals surface area contributed by atoms with Crippen LogP contribution in [-0.2, 0) is 0 Å². The predicted molar refractivity (Wildman–Crippen MR) is 186 cm³/mol. The summed E-state index contributed by atoms with van der Waals surface area (Å²) < 4.78 is 2.15. The maximum Gasteiger partial charge on any atom is 0.0175 e. The van der Waals surface area contributed by atoms with Crippen LogP contribution in [0.3, 0.4) is 0 Å². The van der Waals surface area contributed by atoms with Gasteiger partial charge in [-0.2, -0.15) is 0 Å². The lowest BCUT2D eigenvalue weighted by molar-refractivity contribution is 1.53. The van der Waals surface area contributed by atoms with E-state index in [0.717, 1.165) is 8.95 Å². The van der Waals surface area contributed by atoms with Crippen LogP contribution in [0.1, 0.15) is 0 Å². The molecule has 0 fully saturated rings. The number of benzene rings is 7. The van der Waals surface area contributed by atoms with Gasteiger partial charge in [0.1, 0.15) is 0 Å². The van der Waals surface area contributed by atoms with E-state index >= 15 is 0 Å². The van der Waals surface area contributed by atoms with Crippen molar-refractivity contribution in [2.75, 3.05) is 0 Å². The maximum absolute atomic E-state index is 3.69. The minimum Gasteiger partial charge on any atom is -0.0622 e. The fourth-order valence-corrected chi connectivity index (χ4v) is 7.17. The first-order valence-electron chi connectivity index (χ1n) is 14.1. The summed E-state index contributed by atoms with van der Waals surface area (Å²) in [5.74, 6) is 0. The molecule has 198 valence electrons. The van der Waals surface area contributed by atoms with E-state index in [1.807, 2.05) is 0 Å². The van der Waals surface area contributed by atoms with Gasteiger partial charge in [0.2, 0.25) is 0 Å². The van der Waals surface area contributed by atoms with Gasteiger partial charge < -0.3 is 0 Å². The molecule has 0 aliphatic heterocycles. The third kappa shape index (κ3) is 4.01. The van der Waals surface area contributed by atoms with Gasteiger partial charge >= 0.3 is 0 Å². The predicted octanol–water partition coefficient (Wildman–Crippen LogP) is 12.7. The standard InChI is InChI=1S/C40H24Br2/c41-30-21-17-28(18-22-30)37-35(26-9-3-1-4-10-26)36(27-11-5-2-6-12-27)38(29-19-23-31(42)24-20-29)40-33-16-8-14-25-13-7-15-32(34(25)33)39(37)40/h1-24H. The van der Waals surface area contributed by atoms with Crippen molar-refractivity contribution < 1.29 is 0 Å². The third-order valence-electron chi connectivity index (χ3n) is 8.33. The number of hydrogen-bond donors (Lipinski definition) is 0. The molecule has 0 spiro atoms. The topological polar surface area (TPSA) is 0 Å². The first kappa shape index (κ1) is 25.5. The summed E-state index contributed by atoms with van der Waals surface area (Å²) in [6.45, 7) is 0. The van der Waals surface area contributed by atoms with E-state index in [2.05, 4.69) is 177 Å². The largest absolute Gasteiger partial charge is 0.0622 e. The third-order valence-corrected chi connectivity index (χ3v) is 9.39. The van der Waals surface area contributed by atoms with Crippen molar-refractivity contribution in [1.82, 2.24) is 0 Å². The molecule has 0 amide bonds. The van der Waals surface area contributed by atoms with Crippen LogP contribution in [0.25, 0.3) is 77.5 Å². The van der Waals surface area contributed by atoms with E-state index in [9.17, 15) is 0 Å². The molecule has 0 aromatic heterocycles. The molecule has 2 heteroatoms. The normalized spacial score (nSPS) is 11.6. The average molecular weight is 664 g/mol. The van der Waals surface area contributed by atoms with Crippen LogP contribution in [0.4, 0.5) is 0 Å². The second kappa shape index (κ2) is 10.2. The highest BCUT2D eigenvalue weighted by molar-refractivity contribution is 9.10. The van der Waals surface area contributed by atoms with Gasteiger partial charge in [0.15, 0.2) is 0 Å². The Morgan fingerprint density at radius 1 is 0.286 bits per heavy atom. The molecular formula is C40H24Br2. The molecule has 0 radical (unpaired) electrons. The van der Waals surface area contributed by atoms with E-state index in [-0.39, 0.29) is 0 Å². The zero-order valence-electron chi connectivity index (χ0n) is 22.6. The Kier molecular flexibility index (Phi) is 6.21. The van der Waals surface area contributed by atoms with Crippen molar-refractivity contribution in [1.29, 1.82) is 0 Å². The second-order valence-electron chi connectivity index (χ2n) is 10.7. The van der Waals surface area contributed by atoms with Crippen LogP contribution >= 0.6 is 31.9 Å². The minimum atomic E-state index is 1.07. The Balaban J connectivity index is 1.67. The van der Waals surface area contributed by atoms with Crippen LogP contribution in [0.2, 0.25) is 0 Å². The highest BCUT2D eigenvalue weighted by Crippen LogP contribution is 2.60. The number of halogens is 2. The van der Waals surface area contributed by atoms with Crippen molar-refractivity contribution in [3.63, 3.8) is 0 Å². The van der Waals surface area contributed by atoms with Crippen LogP contribution in [0, 0.1) is 0 Å². The van der Waals surface area contributed by atoms with Crippen molar-refractivity contribution in [2.45, 2.75) is 0 Å². The Bertz CT molecular complexity index is 1960. The van der Waals surface area contributed by atoms with Crippen molar-refractivity contribution in [3.05, 3.63) is 155 Å². The van der Waals surface area contributed by atoms with Gasteiger partial charge in [0.25, 0.3) is 0 Å². The summed E-state index contributed by atoms with van der Waals surface area (Å²) in [5, 5.41) is 2.60. The minimum absolute atomic E-state index is 1.07. The molecule has 0 bridgehead atoms. The molecule has 0 heterocycles. The SMILES string of the molecule is Brc1ccc(-c2c(-c3ccccc3)c(-c3ccccc3)c(-c3ccc(Br)cc3)c3c2-c2cccc4cccc-3c24)cc1. The summed E-state index contributed by atoms with van der Waals surface area (Å²) in [6, 6.07) is 53.0. The van der Waals surface area contributed by atoms with Gasteiger partial charge in [-0.25, -0.2) is 0 Å². The molecule has 1 aliphatic rings. The lowest BCUT2D eigenvalue weighted by Crippen LogP contribution is -1.99. The molecule has 8 rings (SSSR count). The molecular weight excluding hydrogens is 640 g/mol. The van der Waals surface area contributed by atoms with Crippen LogP contribution in [0.15, 0.2) is 155 Å². The van der Waals surface area contributed by atoms with Gasteiger partial charge in [0, 0.05) is 8.95 Å².